The highest BCUT2D eigenvalue weighted by Crippen LogP contribution is 2.20. The first kappa shape index (κ1) is 19.0. The molecule has 5 nitrogen and oxygen atoms in total. The third-order valence-electron chi connectivity index (χ3n) is 5.02. The molecule has 3 rings (SSSR count). The molecule has 2 aromatic carbocycles. The number of carbonyl (C=O) groups excluding carboxylic acids is 2. The van der Waals surface area contributed by atoms with Gasteiger partial charge in [0.05, 0.1) is 13.0 Å². The molecule has 0 unspecified atom stereocenters. The molecule has 1 saturated heterocycles. The first-order valence-electron chi connectivity index (χ1n) is 9.29. The Morgan fingerprint density at radius 1 is 1.19 bits per heavy atom. The van der Waals surface area contributed by atoms with E-state index in [-0.39, 0.29) is 24.2 Å². The number of para-hydroxylation sites is 1. The topological polar surface area (TPSA) is 58.6 Å². The van der Waals surface area contributed by atoms with Crippen LogP contribution in [0.25, 0.3) is 0 Å². The molecule has 1 heterocycles. The van der Waals surface area contributed by atoms with Gasteiger partial charge in [-0.3, -0.25) is 9.59 Å². The number of aryl methyl sites for hydroxylation is 1. The summed E-state index contributed by atoms with van der Waals surface area (Å²) in [6.07, 6.45) is 1.09. The fraction of sp³-hybridized carbons (Fsp3) is 0.364. The van der Waals surface area contributed by atoms with Crippen molar-refractivity contribution in [2.45, 2.75) is 26.3 Å². The van der Waals surface area contributed by atoms with Gasteiger partial charge in [0.25, 0.3) is 0 Å². The van der Waals surface area contributed by atoms with Crippen molar-refractivity contribution in [3.8, 4) is 5.75 Å². The minimum absolute atomic E-state index is 0.0551. The van der Waals surface area contributed by atoms with Gasteiger partial charge >= 0.3 is 0 Å². The van der Waals surface area contributed by atoms with Gasteiger partial charge in [-0.1, -0.05) is 48.0 Å². The summed E-state index contributed by atoms with van der Waals surface area (Å²) in [5.41, 5.74) is 3.36. The van der Waals surface area contributed by atoms with Gasteiger partial charge in [-0.25, -0.2) is 0 Å². The van der Waals surface area contributed by atoms with Crippen molar-refractivity contribution < 1.29 is 14.3 Å². The highest BCUT2D eigenvalue weighted by Gasteiger charge is 2.33. The fourth-order valence-corrected chi connectivity index (χ4v) is 3.36. The lowest BCUT2D eigenvalue weighted by atomic mass is 10.1. The summed E-state index contributed by atoms with van der Waals surface area (Å²) in [4.78, 5) is 26.6. The maximum Gasteiger partial charge on any atom is 0.225 e. The van der Waals surface area contributed by atoms with Crippen LogP contribution in [0.2, 0.25) is 0 Å². The predicted octanol–water partition coefficient (Wildman–Crippen LogP) is 2.71. The van der Waals surface area contributed by atoms with Crippen molar-refractivity contribution in [3.05, 3.63) is 65.2 Å². The zero-order valence-electron chi connectivity index (χ0n) is 15.9. The molecule has 2 aromatic rings. The number of likely N-dealkylation sites (tertiary alicyclic amines) is 1. The lowest BCUT2D eigenvalue weighted by Crippen LogP contribution is -2.33. The van der Waals surface area contributed by atoms with Crippen molar-refractivity contribution in [1.29, 1.82) is 0 Å². The summed E-state index contributed by atoms with van der Waals surface area (Å²) in [7, 11) is 1.61. The van der Waals surface area contributed by atoms with E-state index in [4.69, 9.17) is 4.74 Å². The Balaban J connectivity index is 1.50. The number of methoxy groups -OCH3 is 1. The number of rotatable bonds is 7. The summed E-state index contributed by atoms with van der Waals surface area (Å²) in [5.74, 6) is 0.442. The van der Waals surface area contributed by atoms with Crippen LogP contribution in [-0.2, 0) is 22.6 Å². The maximum atomic E-state index is 12.5. The molecule has 1 N–H and O–H groups in total. The molecule has 0 saturated carbocycles. The van der Waals surface area contributed by atoms with Crippen molar-refractivity contribution in [2.75, 3.05) is 20.2 Å². The minimum Gasteiger partial charge on any atom is -0.496 e. The summed E-state index contributed by atoms with van der Waals surface area (Å²) >= 11 is 0. The minimum atomic E-state index is -0.287. The molecule has 142 valence electrons. The number of benzene rings is 2. The van der Waals surface area contributed by atoms with E-state index in [9.17, 15) is 9.59 Å². The molecule has 1 fully saturated rings. The van der Waals surface area contributed by atoms with Crippen LogP contribution in [0.3, 0.4) is 0 Å². The van der Waals surface area contributed by atoms with E-state index >= 15 is 0 Å². The Kier molecular flexibility index (Phi) is 6.12. The Bertz CT molecular complexity index is 801. The van der Waals surface area contributed by atoms with Crippen LogP contribution in [0.5, 0.6) is 5.75 Å². The summed E-state index contributed by atoms with van der Waals surface area (Å²) in [5, 5.41) is 2.94. The van der Waals surface area contributed by atoms with Crippen LogP contribution in [0.15, 0.2) is 48.5 Å². The highest BCUT2D eigenvalue weighted by atomic mass is 16.5. The molecule has 0 aliphatic carbocycles. The summed E-state index contributed by atoms with van der Waals surface area (Å²) in [6.45, 7) is 3.60. The van der Waals surface area contributed by atoms with Crippen LogP contribution in [-0.4, -0.2) is 36.9 Å². The Morgan fingerprint density at radius 3 is 2.67 bits per heavy atom. The molecule has 0 spiro atoms. The molecule has 1 aliphatic heterocycles. The van der Waals surface area contributed by atoms with Crippen molar-refractivity contribution in [2.24, 2.45) is 5.92 Å². The fourth-order valence-electron chi connectivity index (χ4n) is 3.36. The van der Waals surface area contributed by atoms with E-state index in [1.54, 1.807) is 12.0 Å². The predicted molar refractivity (Wildman–Crippen MR) is 104 cm³/mol. The van der Waals surface area contributed by atoms with Gasteiger partial charge in [-0.05, 0) is 25.0 Å². The highest BCUT2D eigenvalue weighted by molar-refractivity contribution is 5.89. The van der Waals surface area contributed by atoms with Gasteiger partial charge in [0.15, 0.2) is 0 Å². The number of carbonyl (C=O) groups is 2. The molecule has 0 bridgehead atoms. The summed E-state index contributed by atoms with van der Waals surface area (Å²) in [6, 6.07) is 15.9. The molecule has 0 aromatic heterocycles. The van der Waals surface area contributed by atoms with E-state index in [1.807, 2.05) is 24.3 Å². The van der Waals surface area contributed by atoms with Gasteiger partial charge in [-0.2, -0.15) is 0 Å². The number of nitrogens with one attached hydrogen (secondary N) is 1. The largest absolute Gasteiger partial charge is 0.496 e. The van der Waals surface area contributed by atoms with Gasteiger partial charge in [0.1, 0.15) is 5.75 Å². The number of ether oxygens (including phenoxy) is 1. The van der Waals surface area contributed by atoms with Gasteiger partial charge in [-0.15, -0.1) is 0 Å². The van der Waals surface area contributed by atoms with Crippen LogP contribution in [0.4, 0.5) is 0 Å². The number of hydrogen-bond donors (Lipinski definition) is 1. The first-order chi connectivity index (χ1) is 13.1. The summed E-state index contributed by atoms with van der Waals surface area (Å²) < 4.78 is 5.30. The number of hydrogen-bond acceptors (Lipinski definition) is 3. The zero-order valence-corrected chi connectivity index (χ0v) is 15.9. The van der Waals surface area contributed by atoms with Crippen LogP contribution < -0.4 is 10.1 Å². The van der Waals surface area contributed by atoms with Crippen molar-refractivity contribution in [3.63, 3.8) is 0 Å². The molecule has 2 amide bonds. The van der Waals surface area contributed by atoms with E-state index in [1.165, 1.54) is 11.1 Å². The zero-order chi connectivity index (χ0) is 19.2. The van der Waals surface area contributed by atoms with Crippen LogP contribution >= 0.6 is 0 Å². The van der Waals surface area contributed by atoms with Gasteiger partial charge < -0.3 is 15.0 Å². The van der Waals surface area contributed by atoms with E-state index < -0.39 is 0 Å². The smallest absolute Gasteiger partial charge is 0.225 e. The van der Waals surface area contributed by atoms with Gasteiger partial charge in [0, 0.05) is 31.6 Å². The van der Waals surface area contributed by atoms with Crippen molar-refractivity contribution >= 4 is 11.8 Å². The SMILES string of the molecule is COc1ccccc1CNC(=O)[C@H]1CC(=O)N(CCc2ccc(C)cc2)C1. The van der Waals surface area contributed by atoms with E-state index in [2.05, 4.69) is 36.5 Å². The van der Waals surface area contributed by atoms with Gasteiger partial charge in [0.2, 0.25) is 11.8 Å². The second-order valence-electron chi connectivity index (χ2n) is 7.01. The normalized spacial score (nSPS) is 16.4. The molecule has 27 heavy (non-hydrogen) atoms. The van der Waals surface area contributed by atoms with E-state index in [0.29, 0.717) is 19.6 Å². The lowest BCUT2D eigenvalue weighted by Gasteiger charge is -2.17. The standard InChI is InChI=1S/C22H26N2O3/c1-16-7-9-17(10-8-16)11-12-24-15-19(13-21(24)25)22(26)23-14-18-5-3-4-6-20(18)27-2/h3-10,19H,11-15H2,1-2H3,(H,23,26)/t19-/m0/s1. The average molecular weight is 366 g/mol. The third kappa shape index (κ3) is 4.88. The second-order valence-corrected chi connectivity index (χ2v) is 7.01. The van der Waals surface area contributed by atoms with Crippen molar-refractivity contribution in [1.82, 2.24) is 10.2 Å². The van der Waals surface area contributed by atoms with E-state index in [0.717, 1.165) is 17.7 Å². The monoisotopic (exact) mass is 366 g/mol. The van der Waals surface area contributed by atoms with Crippen LogP contribution in [0, 0.1) is 12.8 Å². The molecule has 1 atom stereocenters. The lowest BCUT2D eigenvalue weighted by molar-refractivity contribution is -0.129. The maximum absolute atomic E-state index is 12.5. The first-order valence-corrected chi connectivity index (χ1v) is 9.29. The third-order valence-corrected chi connectivity index (χ3v) is 5.02. The molecular formula is C22H26N2O3. The Labute approximate surface area is 160 Å². The molecule has 1 aliphatic rings. The second kappa shape index (κ2) is 8.71. The molecule has 5 heteroatoms. The molecule has 0 radical (unpaired) electrons. The number of nitrogens with zero attached hydrogens (tertiary/aromatic N) is 1. The average Bonchev–Trinajstić information content (AvgIpc) is 3.06. The molecular weight excluding hydrogens is 340 g/mol. The Hall–Kier alpha value is -2.82. The van der Waals surface area contributed by atoms with Crippen LogP contribution in [0.1, 0.15) is 23.1 Å². The number of amides is 2. The Morgan fingerprint density at radius 2 is 1.93 bits per heavy atom. The quantitative estimate of drug-likeness (QED) is 0.820.